The fourth-order valence-corrected chi connectivity index (χ4v) is 2.50. The molecule has 2 unspecified atom stereocenters. The molecule has 68 valence electrons. The lowest BCUT2D eigenvalue weighted by atomic mass is 10.2. The number of hydrogen-bond acceptors (Lipinski definition) is 2. The van der Waals surface area contributed by atoms with Gasteiger partial charge < -0.3 is 9.87 Å². The molecule has 1 rings (SSSR count). The first-order valence-corrected chi connectivity index (χ1v) is 5.39. The molecule has 2 atom stereocenters. The molecule has 4 heteroatoms. The summed E-state index contributed by atoms with van der Waals surface area (Å²) in [5.74, 6) is 1.18. The van der Waals surface area contributed by atoms with Crippen LogP contribution in [0.5, 0.6) is 0 Å². The summed E-state index contributed by atoms with van der Waals surface area (Å²) in [6.07, 6.45) is 0.825. The van der Waals surface area contributed by atoms with Crippen LogP contribution in [0.4, 0.5) is 0 Å². The van der Waals surface area contributed by atoms with Crippen LogP contribution in [0.25, 0.3) is 0 Å². The van der Waals surface area contributed by atoms with Gasteiger partial charge in [-0.25, -0.2) is 0 Å². The van der Waals surface area contributed by atoms with E-state index in [0.717, 1.165) is 6.42 Å². The molecule has 3 nitrogen and oxygen atoms in total. The Bertz CT molecular complexity index is 205. The van der Waals surface area contributed by atoms with E-state index in [0.29, 0.717) is 17.1 Å². The lowest BCUT2D eigenvalue weighted by Gasteiger charge is -2.09. The number of carbonyl (C=O) groups excluding carboxylic acids is 1. The zero-order chi connectivity index (χ0) is 9.14. The van der Waals surface area contributed by atoms with Gasteiger partial charge in [0.25, 0.3) is 0 Å². The van der Waals surface area contributed by atoms with Gasteiger partial charge in [0.05, 0.1) is 6.04 Å². The van der Waals surface area contributed by atoms with Gasteiger partial charge in [-0.15, -0.1) is 0 Å². The average Bonchev–Trinajstić information content (AvgIpc) is 2.35. The molecule has 0 aliphatic carbocycles. The van der Waals surface area contributed by atoms with Crippen LogP contribution in [0, 0.1) is 0 Å². The molecule has 1 amide bonds. The lowest BCUT2D eigenvalue weighted by Crippen LogP contribution is -2.35. The Morgan fingerprint density at radius 2 is 2.42 bits per heavy atom. The highest BCUT2D eigenvalue weighted by Crippen LogP contribution is 2.11. The van der Waals surface area contributed by atoms with Crippen molar-refractivity contribution < 1.29 is 9.35 Å². The molecule has 0 aromatic rings. The number of hydrogen-bond donors (Lipinski definition) is 1. The van der Waals surface area contributed by atoms with Crippen LogP contribution in [0.3, 0.4) is 0 Å². The standard InChI is InChI=1S/C8H13NO2S/c1-6(2)8(10)9-7-3-4-12(11)5-7/h7H,1,3-5H2,2H3,(H,9,10). The van der Waals surface area contributed by atoms with Crippen molar-refractivity contribution in [2.24, 2.45) is 0 Å². The lowest BCUT2D eigenvalue weighted by molar-refractivity contribution is -0.117. The molecular weight excluding hydrogens is 174 g/mol. The van der Waals surface area contributed by atoms with Gasteiger partial charge in [-0.2, -0.15) is 0 Å². The fourth-order valence-electron chi connectivity index (χ4n) is 1.09. The molecule has 1 N–H and O–H groups in total. The minimum Gasteiger partial charge on any atom is -0.616 e. The van der Waals surface area contributed by atoms with E-state index >= 15 is 0 Å². The molecule has 0 spiro atoms. The van der Waals surface area contributed by atoms with Gasteiger partial charge in [-0.05, 0) is 6.92 Å². The van der Waals surface area contributed by atoms with Gasteiger partial charge in [0.15, 0.2) is 0 Å². The quantitative estimate of drug-likeness (QED) is 0.496. The Hall–Kier alpha value is -0.480. The molecule has 0 aromatic carbocycles. The second kappa shape index (κ2) is 3.96. The van der Waals surface area contributed by atoms with E-state index in [4.69, 9.17) is 0 Å². The molecule has 1 fully saturated rings. The molecule has 0 radical (unpaired) electrons. The Kier molecular flexibility index (Phi) is 3.17. The normalized spacial score (nSPS) is 28.5. The average molecular weight is 187 g/mol. The topological polar surface area (TPSA) is 52.2 Å². The summed E-state index contributed by atoms with van der Waals surface area (Å²) in [6, 6.07) is 0.0926. The van der Waals surface area contributed by atoms with E-state index in [-0.39, 0.29) is 11.9 Å². The summed E-state index contributed by atoms with van der Waals surface area (Å²) in [5.41, 5.74) is 0.507. The summed E-state index contributed by atoms with van der Waals surface area (Å²) in [5, 5.41) is 2.78. The van der Waals surface area contributed by atoms with Gasteiger partial charge in [0.1, 0.15) is 11.5 Å². The molecule has 1 aliphatic heterocycles. The van der Waals surface area contributed by atoms with Gasteiger partial charge in [0, 0.05) is 12.0 Å². The maximum atomic E-state index is 11.1. The van der Waals surface area contributed by atoms with Crippen molar-refractivity contribution in [2.75, 3.05) is 11.5 Å². The van der Waals surface area contributed by atoms with Gasteiger partial charge in [-0.1, -0.05) is 17.8 Å². The van der Waals surface area contributed by atoms with Crippen LogP contribution < -0.4 is 5.32 Å². The van der Waals surface area contributed by atoms with E-state index < -0.39 is 11.2 Å². The van der Waals surface area contributed by atoms with Gasteiger partial charge in [0.2, 0.25) is 5.91 Å². The highest BCUT2D eigenvalue weighted by molar-refractivity contribution is 7.91. The molecule has 0 aromatic heterocycles. The van der Waals surface area contributed by atoms with Crippen molar-refractivity contribution in [3.8, 4) is 0 Å². The maximum absolute atomic E-state index is 11.1. The smallest absolute Gasteiger partial charge is 0.246 e. The summed E-state index contributed by atoms with van der Waals surface area (Å²) < 4.78 is 10.9. The van der Waals surface area contributed by atoms with Gasteiger partial charge >= 0.3 is 0 Å². The number of rotatable bonds is 2. The molecule has 1 aliphatic rings. The van der Waals surface area contributed by atoms with E-state index in [1.54, 1.807) is 6.92 Å². The first-order chi connectivity index (χ1) is 5.59. The monoisotopic (exact) mass is 187 g/mol. The zero-order valence-corrected chi connectivity index (χ0v) is 7.95. The Labute approximate surface area is 75.4 Å². The molecule has 0 bridgehead atoms. The van der Waals surface area contributed by atoms with Crippen LogP contribution in [-0.4, -0.2) is 28.0 Å². The summed E-state index contributed by atoms with van der Waals surface area (Å²) in [4.78, 5) is 11.1. The molecule has 1 saturated heterocycles. The second-order valence-electron chi connectivity index (χ2n) is 3.05. The highest BCUT2D eigenvalue weighted by Gasteiger charge is 2.27. The first-order valence-electron chi connectivity index (χ1n) is 3.91. The number of amides is 1. The minimum absolute atomic E-state index is 0.0926. The van der Waals surface area contributed by atoms with Crippen LogP contribution >= 0.6 is 0 Å². The molecular formula is C8H13NO2S. The van der Waals surface area contributed by atoms with Crippen molar-refractivity contribution in [1.82, 2.24) is 5.32 Å². The highest BCUT2D eigenvalue weighted by atomic mass is 32.2. The third kappa shape index (κ3) is 2.53. The Morgan fingerprint density at radius 3 is 2.83 bits per heavy atom. The molecule has 12 heavy (non-hydrogen) atoms. The number of nitrogens with one attached hydrogen (secondary N) is 1. The SMILES string of the molecule is C=C(C)C(=O)NC1CC[S+]([O-])C1. The van der Waals surface area contributed by atoms with Crippen molar-refractivity contribution in [3.63, 3.8) is 0 Å². The van der Waals surface area contributed by atoms with E-state index in [1.807, 2.05) is 0 Å². The van der Waals surface area contributed by atoms with Crippen molar-refractivity contribution in [1.29, 1.82) is 0 Å². The Morgan fingerprint density at radius 1 is 1.75 bits per heavy atom. The third-order valence-electron chi connectivity index (χ3n) is 1.80. The predicted octanol–water partition coefficient (Wildman–Crippen LogP) is 0.200. The van der Waals surface area contributed by atoms with E-state index in [1.165, 1.54) is 0 Å². The van der Waals surface area contributed by atoms with Crippen LogP contribution in [0.1, 0.15) is 13.3 Å². The minimum atomic E-state index is -0.727. The third-order valence-corrected chi connectivity index (χ3v) is 3.27. The van der Waals surface area contributed by atoms with Crippen LogP contribution in [-0.2, 0) is 16.0 Å². The summed E-state index contributed by atoms with van der Waals surface area (Å²) in [7, 11) is 0. The Balaban J connectivity index is 2.32. The van der Waals surface area contributed by atoms with Crippen molar-refractivity contribution in [2.45, 2.75) is 19.4 Å². The molecule has 0 saturated carbocycles. The van der Waals surface area contributed by atoms with Crippen LogP contribution in [0.2, 0.25) is 0 Å². The van der Waals surface area contributed by atoms with Crippen LogP contribution in [0.15, 0.2) is 12.2 Å². The first kappa shape index (κ1) is 9.61. The van der Waals surface area contributed by atoms with Gasteiger partial charge in [-0.3, -0.25) is 4.79 Å². The second-order valence-corrected chi connectivity index (χ2v) is 4.67. The van der Waals surface area contributed by atoms with E-state index in [9.17, 15) is 9.35 Å². The largest absolute Gasteiger partial charge is 0.616 e. The maximum Gasteiger partial charge on any atom is 0.246 e. The zero-order valence-electron chi connectivity index (χ0n) is 7.13. The summed E-state index contributed by atoms with van der Waals surface area (Å²) >= 11 is -0.727. The van der Waals surface area contributed by atoms with E-state index in [2.05, 4.69) is 11.9 Å². The predicted molar refractivity (Wildman–Crippen MR) is 49.2 cm³/mol. The number of carbonyl (C=O) groups is 1. The fraction of sp³-hybridized carbons (Fsp3) is 0.625. The molecule has 1 heterocycles. The van der Waals surface area contributed by atoms with Crippen molar-refractivity contribution >= 4 is 17.1 Å². The van der Waals surface area contributed by atoms with Crippen molar-refractivity contribution in [3.05, 3.63) is 12.2 Å². The summed E-state index contributed by atoms with van der Waals surface area (Å²) in [6.45, 7) is 5.20.